The van der Waals surface area contributed by atoms with E-state index in [4.69, 9.17) is 0 Å². The topological polar surface area (TPSA) is 24.9 Å². The maximum Gasteiger partial charge on any atom is 0.0900 e. The minimum absolute atomic E-state index is 0.726. The molecular weight excluding hydrogens is 216 g/mol. The molecule has 1 heterocycles. The summed E-state index contributed by atoms with van der Waals surface area (Å²) in [4.78, 5) is 5.95. The van der Waals surface area contributed by atoms with Crippen LogP contribution in [0.3, 0.4) is 0 Å². The summed E-state index contributed by atoms with van der Waals surface area (Å²) in [5.74, 6) is 0. The van der Waals surface area contributed by atoms with Crippen LogP contribution in [0.25, 0.3) is 0 Å². The fraction of sp³-hybridized carbons (Fsp3) is 0.769. The summed E-state index contributed by atoms with van der Waals surface area (Å²) in [6.07, 6.45) is 8.34. The average Bonchev–Trinajstić information content (AvgIpc) is 2.48. The van der Waals surface area contributed by atoms with Crippen LogP contribution >= 0.6 is 11.3 Å². The summed E-state index contributed by atoms with van der Waals surface area (Å²) in [5.41, 5.74) is 1.26. The number of nitrogens with zero attached hydrogens (tertiary/aromatic N) is 1. The molecule has 0 atom stereocenters. The Kier molecular flexibility index (Phi) is 4.36. The van der Waals surface area contributed by atoms with Gasteiger partial charge in [-0.25, -0.2) is 4.98 Å². The minimum atomic E-state index is 0.726. The first-order valence-corrected chi connectivity index (χ1v) is 7.23. The van der Waals surface area contributed by atoms with Crippen molar-refractivity contribution in [1.29, 1.82) is 0 Å². The van der Waals surface area contributed by atoms with Crippen LogP contribution in [0, 0.1) is 13.8 Å². The van der Waals surface area contributed by atoms with Crippen molar-refractivity contribution >= 4 is 11.3 Å². The Balaban J connectivity index is 1.84. The first kappa shape index (κ1) is 12.1. The van der Waals surface area contributed by atoms with Gasteiger partial charge in [-0.3, -0.25) is 0 Å². The highest BCUT2D eigenvalue weighted by Crippen LogP contribution is 2.19. The van der Waals surface area contributed by atoms with Gasteiger partial charge in [-0.05, 0) is 26.7 Å². The molecule has 0 amide bonds. The normalized spacial score (nSPS) is 18.6. The highest BCUT2D eigenvalue weighted by atomic mass is 32.1. The molecule has 1 N–H and O–H groups in total. The van der Waals surface area contributed by atoms with E-state index in [0.29, 0.717) is 0 Å². The third-order valence-corrected chi connectivity index (χ3v) is 4.34. The van der Waals surface area contributed by atoms with Gasteiger partial charge < -0.3 is 5.32 Å². The predicted molar refractivity (Wildman–Crippen MR) is 69.9 cm³/mol. The molecule has 1 aliphatic carbocycles. The van der Waals surface area contributed by atoms with Crippen molar-refractivity contribution in [3.8, 4) is 0 Å². The standard InChI is InChI=1S/C13H22N2S/c1-10-13(15-11(2)16-10)9-14-12-7-5-3-4-6-8-12/h12,14H,3-9H2,1-2H3. The van der Waals surface area contributed by atoms with Gasteiger partial charge in [0, 0.05) is 17.5 Å². The summed E-state index contributed by atoms with van der Waals surface area (Å²) in [5, 5.41) is 4.87. The summed E-state index contributed by atoms with van der Waals surface area (Å²) in [6, 6.07) is 0.726. The van der Waals surface area contributed by atoms with E-state index >= 15 is 0 Å². The number of aryl methyl sites for hydroxylation is 2. The van der Waals surface area contributed by atoms with Crippen LogP contribution in [0.1, 0.15) is 54.1 Å². The monoisotopic (exact) mass is 238 g/mol. The molecule has 1 aliphatic rings. The number of hydrogen-bond donors (Lipinski definition) is 1. The van der Waals surface area contributed by atoms with E-state index in [1.54, 1.807) is 0 Å². The third kappa shape index (κ3) is 3.29. The van der Waals surface area contributed by atoms with Crippen molar-refractivity contribution < 1.29 is 0 Å². The lowest BCUT2D eigenvalue weighted by molar-refractivity contribution is 0.456. The Morgan fingerprint density at radius 3 is 2.44 bits per heavy atom. The van der Waals surface area contributed by atoms with E-state index < -0.39 is 0 Å². The molecule has 0 radical (unpaired) electrons. The number of rotatable bonds is 3. The Morgan fingerprint density at radius 1 is 1.19 bits per heavy atom. The second-order valence-corrected chi connectivity index (χ2v) is 6.21. The Morgan fingerprint density at radius 2 is 1.88 bits per heavy atom. The molecular formula is C13H22N2S. The molecule has 2 nitrogen and oxygen atoms in total. The number of aromatic nitrogens is 1. The zero-order valence-electron chi connectivity index (χ0n) is 10.4. The molecule has 0 bridgehead atoms. The highest BCUT2D eigenvalue weighted by Gasteiger charge is 2.12. The molecule has 0 saturated heterocycles. The van der Waals surface area contributed by atoms with Gasteiger partial charge in [0.2, 0.25) is 0 Å². The predicted octanol–water partition coefficient (Wildman–Crippen LogP) is 3.57. The van der Waals surface area contributed by atoms with Crippen LogP contribution in [0.5, 0.6) is 0 Å². The molecule has 1 fully saturated rings. The Hall–Kier alpha value is -0.410. The zero-order chi connectivity index (χ0) is 11.4. The molecule has 0 unspecified atom stereocenters. The van der Waals surface area contributed by atoms with Gasteiger partial charge in [0.1, 0.15) is 0 Å². The van der Waals surface area contributed by atoms with Crippen molar-refractivity contribution in [1.82, 2.24) is 10.3 Å². The number of hydrogen-bond acceptors (Lipinski definition) is 3. The van der Waals surface area contributed by atoms with Crippen LogP contribution in [0.2, 0.25) is 0 Å². The van der Waals surface area contributed by atoms with Crippen molar-refractivity contribution in [3.63, 3.8) is 0 Å². The van der Waals surface area contributed by atoms with Crippen molar-refractivity contribution in [2.45, 2.75) is 65.0 Å². The maximum absolute atomic E-state index is 4.57. The summed E-state index contributed by atoms with van der Waals surface area (Å²) >= 11 is 1.81. The molecule has 0 aromatic carbocycles. The third-order valence-electron chi connectivity index (χ3n) is 3.41. The zero-order valence-corrected chi connectivity index (χ0v) is 11.2. The first-order chi connectivity index (χ1) is 7.75. The largest absolute Gasteiger partial charge is 0.308 e. The molecule has 0 aliphatic heterocycles. The van der Waals surface area contributed by atoms with Gasteiger partial charge in [-0.15, -0.1) is 11.3 Å². The van der Waals surface area contributed by atoms with Crippen LogP contribution in [-0.2, 0) is 6.54 Å². The number of nitrogens with one attached hydrogen (secondary N) is 1. The van der Waals surface area contributed by atoms with Crippen molar-refractivity contribution in [2.24, 2.45) is 0 Å². The van der Waals surface area contributed by atoms with Crippen LogP contribution < -0.4 is 5.32 Å². The number of thiazole rings is 1. The van der Waals surface area contributed by atoms with E-state index in [1.807, 2.05) is 11.3 Å². The lowest BCUT2D eigenvalue weighted by atomic mass is 10.1. The van der Waals surface area contributed by atoms with Crippen LogP contribution in [-0.4, -0.2) is 11.0 Å². The van der Waals surface area contributed by atoms with E-state index in [2.05, 4.69) is 24.1 Å². The Labute approximate surface area is 102 Å². The van der Waals surface area contributed by atoms with Gasteiger partial charge in [0.15, 0.2) is 0 Å². The van der Waals surface area contributed by atoms with Crippen LogP contribution in [0.15, 0.2) is 0 Å². The smallest absolute Gasteiger partial charge is 0.0900 e. The van der Waals surface area contributed by atoms with Gasteiger partial charge in [0.25, 0.3) is 0 Å². The fourth-order valence-electron chi connectivity index (χ4n) is 2.46. The molecule has 90 valence electrons. The van der Waals surface area contributed by atoms with Gasteiger partial charge in [-0.1, -0.05) is 25.7 Å². The van der Waals surface area contributed by atoms with Crippen molar-refractivity contribution in [2.75, 3.05) is 0 Å². The lowest BCUT2D eigenvalue weighted by Gasteiger charge is -2.15. The second kappa shape index (κ2) is 5.78. The second-order valence-electron chi connectivity index (χ2n) is 4.81. The molecule has 1 saturated carbocycles. The molecule has 16 heavy (non-hydrogen) atoms. The summed E-state index contributed by atoms with van der Waals surface area (Å²) < 4.78 is 0. The van der Waals surface area contributed by atoms with E-state index in [9.17, 15) is 0 Å². The molecule has 1 aromatic rings. The highest BCUT2D eigenvalue weighted by molar-refractivity contribution is 7.11. The molecule has 1 aromatic heterocycles. The average molecular weight is 238 g/mol. The van der Waals surface area contributed by atoms with Crippen LogP contribution in [0.4, 0.5) is 0 Å². The summed E-state index contributed by atoms with van der Waals surface area (Å²) in [7, 11) is 0. The van der Waals surface area contributed by atoms with Gasteiger partial charge >= 0.3 is 0 Å². The van der Waals surface area contributed by atoms with E-state index in [1.165, 1.54) is 54.1 Å². The van der Waals surface area contributed by atoms with E-state index in [0.717, 1.165) is 12.6 Å². The molecule has 3 heteroatoms. The van der Waals surface area contributed by atoms with Gasteiger partial charge in [-0.2, -0.15) is 0 Å². The maximum atomic E-state index is 4.57. The molecule has 2 rings (SSSR count). The SMILES string of the molecule is Cc1nc(CNC2CCCCCC2)c(C)s1. The summed E-state index contributed by atoms with van der Waals surface area (Å²) in [6.45, 7) is 5.22. The van der Waals surface area contributed by atoms with Gasteiger partial charge in [0.05, 0.1) is 10.7 Å². The van der Waals surface area contributed by atoms with Crippen molar-refractivity contribution in [3.05, 3.63) is 15.6 Å². The van der Waals surface area contributed by atoms with E-state index in [-0.39, 0.29) is 0 Å². The molecule has 0 spiro atoms. The Bertz CT molecular complexity index is 325. The lowest BCUT2D eigenvalue weighted by Crippen LogP contribution is -2.28. The fourth-order valence-corrected chi connectivity index (χ4v) is 3.30. The first-order valence-electron chi connectivity index (χ1n) is 6.42. The minimum Gasteiger partial charge on any atom is -0.308 e. The quantitative estimate of drug-likeness (QED) is 0.814.